The third-order valence-electron chi connectivity index (χ3n) is 1.54. The first-order chi connectivity index (χ1) is 5.70. The zero-order chi connectivity index (χ0) is 9.40. The van der Waals surface area contributed by atoms with Gasteiger partial charge < -0.3 is 0 Å². The van der Waals surface area contributed by atoms with E-state index in [0.717, 1.165) is 18.4 Å². The van der Waals surface area contributed by atoms with Crippen molar-refractivity contribution in [1.82, 2.24) is 0 Å². The van der Waals surface area contributed by atoms with Crippen LogP contribution in [0.2, 0.25) is 0 Å². The molecular weight excluding hydrogens is 144 g/mol. The van der Waals surface area contributed by atoms with Crippen LogP contribution in [-0.4, -0.2) is 0 Å². The summed E-state index contributed by atoms with van der Waals surface area (Å²) in [5, 5.41) is 0. The molecule has 0 aliphatic rings. The SMILES string of the molecule is C=C(C)/C=C(\C=C/CC)CCC. The van der Waals surface area contributed by atoms with Crippen LogP contribution < -0.4 is 0 Å². The van der Waals surface area contributed by atoms with Crippen molar-refractivity contribution in [2.45, 2.75) is 40.0 Å². The van der Waals surface area contributed by atoms with Crippen LogP contribution in [0.4, 0.5) is 0 Å². The Morgan fingerprint density at radius 3 is 2.42 bits per heavy atom. The summed E-state index contributed by atoms with van der Waals surface area (Å²) >= 11 is 0. The van der Waals surface area contributed by atoms with Gasteiger partial charge >= 0.3 is 0 Å². The fraction of sp³-hybridized carbons (Fsp3) is 0.500. The summed E-state index contributed by atoms with van der Waals surface area (Å²) in [5.41, 5.74) is 2.53. The normalized spacial score (nSPS) is 12.4. The summed E-state index contributed by atoms with van der Waals surface area (Å²) < 4.78 is 0. The van der Waals surface area contributed by atoms with E-state index in [-0.39, 0.29) is 0 Å². The van der Waals surface area contributed by atoms with E-state index < -0.39 is 0 Å². The Bertz CT molecular complexity index is 182. The van der Waals surface area contributed by atoms with Gasteiger partial charge in [0.15, 0.2) is 0 Å². The Kier molecular flexibility index (Phi) is 6.45. The van der Waals surface area contributed by atoms with Crippen LogP contribution in [0.1, 0.15) is 40.0 Å². The molecule has 0 aromatic rings. The van der Waals surface area contributed by atoms with Crippen LogP contribution in [0.5, 0.6) is 0 Å². The molecule has 12 heavy (non-hydrogen) atoms. The summed E-state index contributed by atoms with van der Waals surface area (Å²) in [4.78, 5) is 0. The zero-order valence-electron chi connectivity index (χ0n) is 8.56. The molecule has 0 N–H and O–H groups in total. The molecule has 0 aromatic heterocycles. The minimum absolute atomic E-state index is 1.11. The van der Waals surface area contributed by atoms with E-state index in [1.54, 1.807) is 0 Å². The lowest BCUT2D eigenvalue weighted by Gasteiger charge is -1.98. The topological polar surface area (TPSA) is 0 Å². The highest BCUT2D eigenvalue weighted by Gasteiger charge is 1.89. The van der Waals surface area contributed by atoms with Gasteiger partial charge in [-0.3, -0.25) is 0 Å². The number of hydrogen-bond acceptors (Lipinski definition) is 0. The molecule has 0 amide bonds. The highest BCUT2D eigenvalue weighted by Crippen LogP contribution is 2.09. The van der Waals surface area contributed by atoms with E-state index in [0.29, 0.717) is 0 Å². The molecule has 0 aliphatic carbocycles. The van der Waals surface area contributed by atoms with Crippen molar-refractivity contribution < 1.29 is 0 Å². The molecule has 0 saturated carbocycles. The van der Waals surface area contributed by atoms with Crippen molar-refractivity contribution >= 4 is 0 Å². The van der Waals surface area contributed by atoms with Gasteiger partial charge in [0.1, 0.15) is 0 Å². The quantitative estimate of drug-likeness (QED) is 0.533. The number of hydrogen-bond donors (Lipinski definition) is 0. The van der Waals surface area contributed by atoms with Gasteiger partial charge in [-0.25, -0.2) is 0 Å². The van der Waals surface area contributed by atoms with Crippen molar-refractivity contribution in [3.05, 3.63) is 36.0 Å². The van der Waals surface area contributed by atoms with Gasteiger partial charge in [0.25, 0.3) is 0 Å². The fourth-order valence-corrected chi connectivity index (χ4v) is 1.08. The largest absolute Gasteiger partial charge is 0.0961 e. The molecule has 0 saturated heterocycles. The van der Waals surface area contributed by atoms with Gasteiger partial charge in [0, 0.05) is 0 Å². The van der Waals surface area contributed by atoms with Crippen molar-refractivity contribution in [3.8, 4) is 0 Å². The van der Waals surface area contributed by atoms with Gasteiger partial charge in [-0.2, -0.15) is 0 Å². The van der Waals surface area contributed by atoms with Crippen molar-refractivity contribution in [2.75, 3.05) is 0 Å². The number of allylic oxidation sites excluding steroid dienone is 5. The summed E-state index contributed by atoms with van der Waals surface area (Å²) in [6.07, 6.45) is 10.0. The number of rotatable bonds is 5. The summed E-state index contributed by atoms with van der Waals surface area (Å²) in [6, 6.07) is 0. The van der Waals surface area contributed by atoms with Crippen LogP contribution in [0.3, 0.4) is 0 Å². The molecular formula is C12H20. The van der Waals surface area contributed by atoms with Gasteiger partial charge in [-0.1, -0.05) is 50.6 Å². The van der Waals surface area contributed by atoms with E-state index in [1.807, 2.05) is 6.92 Å². The lowest BCUT2D eigenvalue weighted by atomic mass is 10.1. The first-order valence-corrected chi connectivity index (χ1v) is 4.73. The lowest BCUT2D eigenvalue weighted by Crippen LogP contribution is -1.78. The summed E-state index contributed by atoms with van der Waals surface area (Å²) in [7, 11) is 0. The van der Waals surface area contributed by atoms with Crippen molar-refractivity contribution in [1.29, 1.82) is 0 Å². The summed E-state index contributed by atoms with van der Waals surface area (Å²) in [5.74, 6) is 0. The Hall–Kier alpha value is -0.780. The second-order valence-corrected chi connectivity index (χ2v) is 3.13. The molecule has 0 radical (unpaired) electrons. The summed E-state index contributed by atoms with van der Waals surface area (Å²) in [6.45, 7) is 10.3. The van der Waals surface area contributed by atoms with Crippen LogP contribution in [0.25, 0.3) is 0 Å². The van der Waals surface area contributed by atoms with Crippen molar-refractivity contribution in [3.63, 3.8) is 0 Å². The van der Waals surface area contributed by atoms with E-state index in [1.165, 1.54) is 12.0 Å². The van der Waals surface area contributed by atoms with Crippen LogP contribution in [0, 0.1) is 0 Å². The highest BCUT2D eigenvalue weighted by molar-refractivity contribution is 5.27. The standard InChI is InChI=1S/C12H20/c1-5-7-9-12(8-6-2)10-11(3)4/h7,9-10H,3,5-6,8H2,1-2,4H3/b9-7-,12-10-. The molecule has 0 unspecified atom stereocenters. The van der Waals surface area contributed by atoms with Gasteiger partial charge in [-0.15, -0.1) is 0 Å². The Balaban J connectivity index is 4.21. The molecule has 0 spiro atoms. The third kappa shape index (κ3) is 5.96. The van der Waals surface area contributed by atoms with Gasteiger partial charge in [0.05, 0.1) is 0 Å². The van der Waals surface area contributed by atoms with E-state index in [2.05, 4.69) is 38.7 Å². The zero-order valence-corrected chi connectivity index (χ0v) is 8.56. The maximum atomic E-state index is 3.87. The second kappa shape index (κ2) is 6.90. The first kappa shape index (κ1) is 11.2. The predicted octanol–water partition coefficient (Wildman–Crippen LogP) is 4.26. The minimum atomic E-state index is 1.11. The second-order valence-electron chi connectivity index (χ2n) is 3.13. The smallest absolute Gasteiger partial charge is 0.0282 e. The average molecular weight is 164 g/mol. The van der Waals surface area contributed by atoms with Crippen molar-refractivity contribution in [2.24, 2.45) is 0 Å². The third-order valence-corrected chi connectivity index (χ3v) is 1.54. The molecule has 0 aliphatic heterocycles. The van der Waals surface area contributed by atoms with Crippen LogP contribution in [-0.2, 0) is 0 Å². The van der Waals surface area contributed by atoms with Gasteiger partial charge in [0.2, 0.25) is 0 Å². The van der Waals surface area contributed by atoms with Crippen LogP contribution >= 0.6 is 0 Å². The molecule has 0 heteroatoms. The molecule has 0 atom stereocenters. The molecule has 0 bridgehead atoms. The Labute approximate surface area is 76.7 Å². The van der Waals surface area contributed by atoms with E-state index in [9.17, 15) is 0 Å². The average Bonchev–Trinajstić information content (AvgIpc) is 2.00. The first-order valence-electron chi connectivity index (χ1n) is 4.73. The van der Waals surface area contributed by atoms with E-state index in [4.69, 9.17) is 0 Å². The predicted molar refractivity (Wildman–Crippen MR) is 57.2 cm³/mol. The fourth-order valence-electron chi connectivity index (χ4n) is 1.08. The maximum Gasteiger partial charge on any atom is -0.0282 e. The molecule has 0 aromatic carbocycles. The molecule has 0 heterocycles. The lowest BCUT2D eigenvalue weighted by molar-refractivity contribution is 0.923. The van der Waals surface area contributed by atoms with Crippen LogP contribution in [0.15, 0.2) is 36.0 Å². The Morgan fingerprint density at radius 1 is 1.33 bits per heavy atom. The van der Waals surface area contributed by atoms with Gasteiger partial charge in [-0.05, 0) is 25.3 Å². The molecule has 0 nitrogen and oxygen atoms in total. The molecule has 68 valence electrons. The Morgan fingerprint density at radius 2 is 2.00 bits per heavy atom. The molecule has 0 rings (SSSR count). The monoisotopic (exact) mass is 164 g/mol. The highest BCUT2D eigenvalue weighted by atomic mass is 14.0. The van der Waals surface area contributed by atoms with E-state index >= 15 is 0 Å². The minimum Gasteiger partial charge on any atom is -0.0961 e. The maximum absolute atomic E-state index is 3.87. The molecule has 0 fully saturated rings.